The first-order valence-corrected chi connectivity index (χ1v) is 13.6. The highest BCUT2D eigenvalue weighted by atomic mass is 35.5. The van der Waals surface area contributed by atoms with Crippen LogP contribution in [0.1, 0.15) is 63.1 Å². The molecule has 2 aromatic rings. The molecule has 0 spiro atoms. The molecule has 2 aliphatic carbocycles. The van der Waals surface area contributed by atoms with E-state index >= 15 is 0 Å². The van der Waals surface area contributed by atoms with Crippen molar-refractivity contribution in [3.05, 3.63) is 32.9 Å². The number of rotatable bonds is 6. The molecular weight excluding hydrogens is 537 g/mol. The zero-order chi connectivity index (χ0) is 26.7. The van der Waals surface area contributed by atoms with Crippen LogP contribution in [0.25, 0.3) is 0 Å². The number of aliphatic imine (C=N–C) groups is 2. The van der Waals surface area contributed by atoms with Crippen molar-refractivity contribution in [1.82, 2.24) is 9.55 Å². The fourth-order valence-electron chi connectivity index (χ4n) is 5.18. The van der Waals surface area contributed by atoms with Gasteiger partial charge in [-0.1, -0.05) is 34.8 Å². The van der Waals surface area contributed by atoms with Crippen LogP contribution < -0.4 is 16.4 Å². The maximum Gasteiger partial charge on any atom is 0.223 e. The topological polar surface area (TPSA) is 130 Å². The van der Waals surface area contributed by atoms with Crippen molar-refractivity contribution in [2.75, 3.05) is 10.6 Å². The summed E-state index contributed by atoms with van der Waals surface area (Å²) in [6.07, 6.45) is 5.65. The molecule has 2 fully saturated rings. The molecule has 0 unspecified atom stereocenters. The molecule has 0 saturated heterocycles. The molecule has 1 heterocycles. The highest BCUT2D eigenvalue weighted by Gasteiger charge is 2.30. The number of aliphatic hydroxyl groups excluding tert-OH is 1. The number of hydrogen-bond acceptors (Lipinski definition) is 5. The predicted octanol–water partition coefficient (Wildman–Crippen LogP) is 5.88. The van der Waals surface area contributed by atoms with Crippen LogP contribution in [0.5, 0.6) is 0 Å². The second kappa shape index (κ2) is 12.0. The molecule has 1 aromatic heterocycles. The fourth-order valence-corrected chi connectivity index (χ4v) is 6.09. The summed E-state index contributed by atoms with van der Waals surface area (Å²) in [6, 6.07) is 3.21. The van der Waals surface area contributed by atoms with Crippen molar-refractivity contribution >= 4 is 70.8 Å². The Kier molecular flexibility index (Phi) is 9.00. The lowest BCUT2D eigenvalue weighted by Crippen LogP contribution is -2.29. The number of aliphatic hydroxyl groups is 1. The van der Waals surface area contributed by atoms with E-state index in [1.807, 2.05) is 11.5 Å². The highest BCUT2D eigenvalue weighted by Crippen LogP contribution is 2.41. The average molecular weight is 569 g/mol. The zero-order valence-electron chi connectivity index (χ0n) is 20.7. The first-order valence-electron chi connectivity index (χ1n) is 12.5. The number of aryl methyl sites for hydroxylation is 1. The monoisotopic (exact) mass is 567 g/mol. The molecule has 1 aromatic carbocycles. The number of imidazole rings is 1. The summed E-state index contributed by atoms with van der Waals surface area (Å²) < 4.78 is 2.05. The van der Waals surface area contributed by atoms with Crippen molar-refractivity contribution in [3.63, 3.8) is 0 Å². The molecule has 1 amide bonds. The number of carbonyl (C=O) groups is 1. The minimum Gasteiger partial charge on any atom is -0.393 e. The van der Waals surface area contributed by atoms with Gasteiger partial charge in [0.05, 0.1) is 33.6 Å². The number of nitrogens with two attached hydrogens (primary N) is 1. The number of hydrogen-bond donors (Lipinski definition) is 4. The third kappa shape index (κ3) is 6.57. The summed E-state index contributed by atoms with van der Waals surface area (Å²) in [5, 5.41) is 17.8. The molecule has 5 N–H and O–H groups in total. The van der Waals surface area contributed by atoms with E-state index in [1.165, 1.54) is 0 Å². The summed E-state index contributed by atoms with van der Waals surface area (Å²) in [6.45, 7) is 5.58. The van der Waals surface area contributed by atoms with Crippen molar-refractivity contribution in [2.45, 2.75) is 76.5 Å². The molecule has 0 aliphatic heterocycles. The van der Waals surface area contributed by atoms with Gasteiger partial charge in [-0.25, -0.2) is 15.0 Å². The van der Waals surface area contributed by atoms with Crippen LogP contribution in [-0.4, -0.2) is 45.4 Å². The third-order valence-electron chi connectivity index (χ3n) is 7.10. The lowest BCUT2D eigenvalue weighted by atomic mass is 9.85. The number of primary amides is 1. The maximum absolute atomic E-state index is 11.8. The Morgan fingerprint density at radius 3 is 2.43 bits per heavy atom. The highest BCUT2D eigenvalue weighted by molar-refractivity contribution is 6.41. The van der Waals surface area contributed by atoms with E-state index in [-0.39, 0.29) is 30.0 Å². The van der Waals surface area contributed by atoms with E-state index in [2.05, 4.69) is 22.3 Å². The van der Waals surface area contributed by atoms with Crippen molar-refractivity contribution < 1.29 is 9.90 Å². The lowest BCUT2D eigenvalue weighted by molar-refractivity contribution is -0.122. The van der Waals surface area contributed by atoms with Crippen molar-refractivity contribution in [2.24, 2.45) is 21.6 Å². The van der Waals surface area contributed by atoms with Crippen LogP contribution in [-0.2, 0) is 4.79 Å². The Morgan fingerprint density at radius 2 is 1.84 bits per heavy atom. The number of anilines is 3. The standard InChI is InChI=1S/C25H32Cl3N7O2/c1-13-23(34-24(30-2)32-16-4-3-5-18(36)12-16)35(17-8-6-14(7-9-17)22(29)37)25(31-13)33-21-19(27)10-15(26)11-20(21)28/h10-11,14,16-18,36H,2-9,12H2,1H3,(H2,29,37)(H,31,33)(H,32,34)/t14?,16-,17?,18-/m0/s1. The molecule has 2 aliphatic rings. The first-order chi connectivity index (χ1) is 17.7. The Hall–Kier alpha value is -2.33. The number of guanidine groups is 1. The van der Waals surface area contributed by atoms with Crippen LogP contribution >= 0.6 is 34.8 Å². The van der Waals surface area contributed by atoms with Crippen LogP contribution in [0, 0.1) is 12.8 Å². The van der Waals surface area contributed by atoms with Gasteiger partial charge in [0.15, 0.2) is 0 Å². The fraction of sp³-hybridized carbons (Fsp3) is 0.520. The number of aromatic nitrogens is 2. The van der Waals surface area contributed by atoms with Gasteiger partial charge in [0, 0.05) is 17.0 Å². The van der Waals surface area contributed by atoms with Gasteiger partial charge in [0.2, 0.25) is 17.8 Å². The number of carbonyl (C=O) groups excluding carboxylic acids is 1. The van der Waals surface area contributed by atoms with Gasteiger partial charge in [-0.2, -0.15) is 0 Å². The average Bonchev–Trinajstić information content (AvgIpc) is 3.15. The molecule has 2 saturated carbocycles. The van der Waals surface area contributed by atoms with E-state index in [9.17, 15) is 9.90 Å². The number of halogens is 3. The van der Waals surface area contributed by atoms with Gasteiger partial charge in [-0.3, -0.25) is 9.36 Å². The minimum absolute atomic E-state index is 0.0224. The van der Waals surface area contributed by atoms with Crippen LogP contribution in [0.2, 0.25) is 15.1 Å². The summed E-state index contributed by atoms with van der Waals surface area (Å²) in [5.41, 5.74) is 6.77. The lowest BCUT2D eigenvalue weighted by Gasteiger charge is -2.30. The summed E-state index contributed by atoms with van der Waals surface area (Å²) in [4.78, 5) is 25.4. The smallest absolute Gasteiger partial charge is 0.223 e. The minimum atomic E-state index is -0.356. The quantitative estimate of drug-likeness (QED) is 0.255. The molecule has 4 rings (SSSR count). The Balaban J connectivity index is 1.70. The van der Waals surface area contributed by atoms with Crippen molar-refractivity contribution in [1.29, 1.82) is 0 Å². The van der Waals surface area contributed by atoms with Gasteiger partial charge >= 0.3 is 0 Å². The summed E-state index contributed by atoms with van der Waals surface area (Å²) >= 11 is 19.0. The SMILES string of the molecule is C=NC(=N[C@H]1CCC[C@H](O)C1)Nc1c(C)nc(Nc2c(Cl)cc(Cl)cc2Cl)n1C1CCC(C(N)=O)CC1. The molecular formula is C25H32Cl3N7O2. The zero-order valence-corrected chi connectivity index (χ0v) is 23.0. The molecule has 37 heavy (non-hydrogen) atoms. The number of nitrogens with one attached hydrogen (secondary N) is 2. The van der Waals surface area contributed by atoms with E-state index in [4.69, 9.17) is 50.5 Å². The van der Waals surface area contributed by atoms with Gasteiger partial charge in [0.1, 0.15) is 5.82 Å². The largest absolute Gasteiger partial charge is 0.393 e. The molecule has 12 heteroatoms. The summed E-state index contributed by atoms with van der Waals surface area (Å²) in [5.74, 6) is 1.19. The van der Waals surface area contributed by atoms with Gasteiger partial charge in [-0.15, -0.1) is 0 Å². The first kappa shape index (κ1) is 27.7. The van der Waals surface area contributed by atoms with E-state index in [0.29, 0.717) is 63.4 Å². The number of benzene rings is 1. The second-order valence-corrected chi connectivity index (χ2v) is 11.0. The number of nitrogens with zero attached hydrogens (tertiary/aromatic N) is 4. The van der Waals surface area contributed by atoms with E-state index in [1.54, 1.807) is 12.1 Å². The van der Waals surface area contributed by atoms with Crippen LogP contribution in [0.15, 0.2) is 22.1 Å². The van der Waals surface area contributed by atoms with Gasteiger partial charge < -0.3 is 21.5 Å². The van der Waals surface area contributed by atoms with Gasteiger partial charge in [-0.05, 0) is 77.1 Å². The van der Waals surface area contributed by atoms with Gasteiger partial charge in [0.25, 0.3) is 0 Å². The Labute approximate surface area is 231 Å². The molecule has 200 valence electrons. The third-order valence-corrected chi connectivity index (χ3v) is 7.91. The van der Waals surface area contributed by atoms with Crippen LogP contribution in [0.3, 0.4) is 0 Å². The maximum atomic E-state index is 11.8. The normalized spacial score (nSPS) is 24.5. The molecule has 9 nitrogen and oxygen atoms in total. The Bertz CT molecular complexity index is 1170. The van der Waals surface area contributed by atoms with Crippen molar-refractivity contribution in [3.8, 4) is 0 Å². The molecule has 2 atom stereocenters. The van der Waals surface area contributed by atoms with E-state index in [0.717, 1.165) is 32.1 Å². The number of amides is 1. The second-order valence-electron chi connectivity index (χ2n) is 9.73. The molecule has 0 bridgehead atoms. The van der Waals surface area contributed by atoms with E-state index < -0.39 is 0 Å². The Morgan fingerprint density at radius 1 is 1.16 bits per heavy atom. The predicted molar refractivity (Wildman–Crippen MR) is 151 cm³/mol. The van der Waals surface area contributed by atoms with Crippen LogP contribution in [0.4, 0.5) is 17.5 Å². The summed E-state index contributed by atoms with van der Waals surface area (Å²) in [7, 11) is 0. The molecule has 0 radical (unpaired) electrons.